The number of piperidine rings is 4. The number of rotatable bonds is 3. The maximum atomic E-state index is 3.77. The summed E-state index contributed by atoms with van der Waals surface area (Å²) in [6, 6.07) is 3.57. The molecule has 0 aliphatic carbocycles. The summed E-state index contributed by atoms with van der Waals surface area (Å²) in [5.74, 6) is 0.861. The molecule has 0 aromatic rings. The molecule has 0 spiro atoms. The van der Waals surface area contributed by atoms with Crippen molar-refractivity contribution in [3.63, 3.8) is 0 Å². The van der Waals surface area contributed by atoms with E-state index in [2.05, 4.69) is 24.1 Å². The van der Waals surface area contributed by atoms with E-state index in [1.165, 1.54) is 38.6 Å². The molecule has 0 aromatic carbocycles. The van der Waals surface area contributed by atoms with E-state index in [-0.39, 0.29) is 0 Å². The summed E-state index contributed by atoms with van der Waals surface area (Å²) in [5, 5.41) is 3.77. The predicted molar refractivity (Wildman–Crippen MR) is 62.9 cm³/mol. The predicted octanol–water partition coefficient (Wildman–Crippen LogP) is 2.00. The molecule has 0 radical (unpaired) electrons. The van der Waals surface area contributed by atoms with Crippen LogP contribution in [0.3, 0.4) is 0 Å². The highest BCUT2D eigenvalue weighted by Crippen LogP contribution is 2.39. The van der Waals surface area contributed by atoms with Gasteiger partial charge in [0, 0.05) is 24.2 Å². The zero-order valence-corrected chi connectivity index (χ0v) is 10.1. The van der Waals surface area contributed by atoms with Crippen molar-refractivity contribution >= 4 is 0 Å². The molecule has 4 bridgehead atoms. The monoisotopic (exact) mass is 208 g/mol. The van der Waals surface area contributed by atoms with Gasteiger partial charge in [-0.3, -0.25) is 4.90 Å². The van der Waals surface area contributed by atoms with Gasteiger partial charge in [-0.05, 0) is 44.6 Å². The van der Waals surface area contributed by atoms with Crippen LogP contribution < -0.4 is 5.32 Å². The molecule has 1 N–H and O–H groups in total. The van der Waals surface area contributed by atoms with Crippen molar-refractivity contribution in [3.8, 4) is 0 Å². The van der Waals surface area contributed by atoms with Crippen LogP contribution in [0, 0.1) is 5.92 Å². The van der Waals surface area contributed by atoms with Crippen LogP contribution in [0.4, 0.5) is 0 Å². The normalized spacial score (nSPS) is 44.2. The van der Waals surface area contributed by atoms with Gasteiger partial charge in [-0.15, -0.1) is 0 Å². The Morgan fingerprint density at radius 1 is 1.07 bits per heavy atom. The lowest BCUT2D eigenvalue weighted by Gasteiger charge is -2.57. The van der Waals surface area contributed by atoms with Crippen LogP contribution in [-0.4, -0.2) is 35.6 Å². The van der Waals surface area contributed by atoms with Gasteiger partial charge in [-0.25, -0.2) is 0 Å². The van der Waals surface area contributed by atoms with Crippen molar-refractivity contribution < 1.29 is 0 Å². The van der Waals surface area contributed by atoms with Gasteiger partial charge >= 0.3 is 0 Å². The average molecular weight is 208 g/mol. The van der Waals surface area contributed by atoms with Crippen LogP contribution in [0.2, 0.25) is 0 Å². The fourth-order valence-electron chi connectivity index (χ4n) is 3.92. The molecule has 4 saturated heterocycles. The molecule has 0 saturated carbocycles. The van der Waals surface area contributed by atoms with E-state index in [1.807, 2.05) is 0 Å². The third-order valence-electron chi connectivity index (χ3n) is 4.60. The van der Waals surface area contributed by atoms with Crippen molar-refractivity contribution in [1.29, 1.82) is 0 Å². The minimum Gasteiger partial charge on any atom is -0.311 e. The summed E-state index contributed by atoms with van der Waals surface area (Å²) in [6.07, 6.45) is 7.07. The van der Waals surface area contributed by atoms with Gasteiger partial charge in [0.25, 0.3) is 0 Å². The topological polar surface area (TPSA) is 15.3 Å². The van der Waals surface area contributed by atoms with E-state index in [4.69, 9.17) is 0 Å². The van der Waals surface area contributed by atoms with Crippen LogP contribution in [0.5, 0.6) is 0 Å². The first-order chi connectivity index (χ1) is 7.22. The maximum absolute atomic E-state index is 3.77. The fraction of sp³-hybridized carbons (Fsp3) is 1.00. The summed E-state index contributed by atoms with van der Waals surface area (Å²) in [6.45, 7) is 6.05. The minimum absolute atomic E-state index is 0.861. The summed E-state index contributed by atoms with van der Waals surface area (Å²) in [4.78, 5) is 2.84. The van der Waals surface area contributed by atoms with Crippen molar-refractivity contribution in [3.05, 3.63) is 0 Å². The molecule has 4 aliphatic heterocycles. The largest absolute Gasteiger partial charge is 0.311 e. The molecule has 2 heteroatoms. The van der Waals surface area contributed by atoms with Gasteiger partial charge in [0.15, 0.2) is 0 Å². The van der Waals surface area contributed by atoms with E-state index in [1.54, 1.807) is 0 Å². The maximum Gasteiger partial charge on any atom is 0.0128 e. The van der Waals surface area contributed by atoms with Gasteiger partial charge in [0.1, 0.15) is 0 Å². The molecule has 4 heterocycles. The second kappa shape index (κ2) is 3.74. The van der Waals surface area contributed by atoms with Gasteiger partial charge < -0.3 is 5.32 Å². The number of hydrogen-bond donors (Lipinski definition) is 1. The van der Waals surface area contributed by atoms with E-state index in [0.717, 1.165) is 30.1 Å². The number of hydrogen-bond acceptors (Lipinski definition) is 2. The fourth-order valence-corrected chi connectivity index (χ4v) is 3.92. The highest BCUT2D eigenvalue weighted by atomic mass is 15.3. The summed E-state index contributed by atoms with van der Waals surface area (Å²) in [7, 11) is 0. The molecular weight excluding hydrogens is 184 g/mol. The third-order valence-corrected chi connectivity index (χ3v) is 4.60. The Kier molecular flexibility index (Phi) is 2.52. The molecule has 0 unspecified atom stereocenters. The molecule has 4 aliphatic rings. The highest BCUT2D eigenvalue weighted by Gasteiger charge is 2.46. The minimum atomic E-state index is 0.861. The van der Waals surface area contributed by atoms with Crippen molar-refractivity contribution in [1.82, 2.24) is 10.2 Å². The van der Waals surface area contributed by atoms with Gasteiger partial charge in [0.2, 0.25) is 0 Å². The van der Waals surface area contributed by atoms with E-state index in [9.17, 15) is 0 Å². The van der Waals surface area contributed by atoms with Gasteiger partial charge in [0.05, 0.1) is 0 Å². The molecule has 15 heavy (non-hydrogen) atoms. The Morgan fingerprint density at radius 2 is 1.60 bits per heavy atom. The molecule has 0 amide bonds. The van der Waals surface area contributed by atoms with Gasteiger partial charge in [-0.1, -0.05) is 13.8 Å². The molecule has 86 valence electrons. The van der Waals surface area contributed by atoms with E-state index < -0.39 is 0 Å². The lowest BCUT2D eigenvalue weighted by molar-refractivity contribution is -0.0324. The second-order valence-electron chi connectivity index (χ2n) is 6.23. The summed E-state index contributed by atoms with van der Waals surface area (Å²) < 4.78 is 0. The Morgan fingerprint density at radius 3 is 2.07 bits per heavy atom. The van der Waals surface area contributed by atoms with Crippen LogP contribution in [0.25, 0.3) is 0 Å². The molecule has 2 nitrogen and oxygen atoms in total. The number of nitrogens with zero attached hydrogens (tertiary/aromatic N) is 1. The first-order valence-electron chi connectivity index (χ1n) is 6.74. The quantitative estimate of drug-likeness (QED) is 0.763. The smallest absolute Gasteiger partial charge is 0.0128 e. The third kappa shape index (κ3) is 1.83. The Bertz CT molecular complexity index is 209. The Balaban J connectivity index is 1.64. The van der Waals surface area contributed by atoms with Crippen LogP contribution in [0.1, 0.15) is 46.0 Å². The van der Waals surface area contributed by atoms with Gasteiger partial charge in [-0.2, -0.15) is 0 Å². The second-order valence-corrected chi connectivity index (χ2v) is 6.23. The first kappa shape index (κ1) is 10.1. The zero-order valence-electron chi connectivity index (χ0n) is 10.1. The summed E-state index contributed by atoms with van der Waals surface area (Å²) in [5.41, 5.74) is 0. The van der Waals surface area contributed by atoms with E-state index >= 15 is 0 Å². The van der Waals surface area contributed by atoms with Crippen LogP contribution in [0.15, 0.2) is 0 Å². The standard InChI is InChI=1S/C13H24N2/c1-9(2)3-4-15-12-5-10-6-13(15)8-11(7-12)14-10/h9-14H,3-8H2,1-2H3. The molecule has 0 aromatic heterocycles. The average Bonchev–Trinajstić information content (AvgIpc) is 2.14. The molecule has 0 atom stereocenters. The van der Waals surface area contributed by atoms with Crippen LogP contribution in [-0.2, 0) is 0 Å². The van der Waals surface area contributed by atoms with Crippen molar-refractivity contribution in [2.75, 3.05) is 6.54 Å². The van der Waals surface area contributed by atoms with Crippen molar-refractivity contribution in [2.24, 2.45) is 5.92 Å². The molecule has 4 rings (SSSR count). The highest BCUT2D eigenvalue weighted by molar-refractivity contribution is 5.05. The Hall–Kier alpha value is -0.0800. The van der Waals surface area contributed by atoms with Crippen molar-refractivity contribution in [2.45, 2.75) is 70.1 Å². The SMILES string of the molecule is CC(C)CCN1C2CC3CC1CC(C2)N3. The lowest BCUT2D eigenvalue weighted by Crippen LogP contribution is -2.67. The Labute approximate surface area is 93.4 Å². The molecule has 4 fully saturated rings. The van der Waals surface area contributed by atoms with E-state index in [0.29, 0.717) is 0 Å². The summed E-state index contributed by atoms with van der Waals surface area (Å²) >= 11 is 0. The number of nitrogens with one attached hydrogen (secondary N) is 1. The zero-order chi connectivity index (χ0) is 10.4. The first-order valence-corrected chi connectivity index (χ1v) is 6.74. The van der Waals surface area contributed by atoms with Crippen LogP contribution >= 0.6 is 0 Å². The lowest BCUT2D eigenvalue weighted by atomic mass is 9.74. The molecular formula is C13H24N2.